The molecule has 140 valence electrons. The van der Waals surface area contributed by atoms with Gasteiger partial charge in [0.05, 0.1) is 6.61 Å². The predicted octanol–water partition coefficient (Wildman–Crippen LogP) is 6.22. The zero-order chi connectivity index (χ0) is 18.2. The number of fused-ring (bicyclic) bond motifs is 1. The van der Waals surface area contributed by atoms with Gasteiger partial charge in [-0.2, -0.15) is 0 Å². The van der Waals surface area contributed by atoms with Crippen LogP contribution >= 0.6 is 0 Å². The van der Waals surface area contributed by atoms with E-state index in [0.29, 0.717) is 24.2 Å². The van der Waals surface area contributed by atoms with E-state index in [9.17, 15) is 13.9 Å². The largest absolute Gasteiger partial charge is 0.392 e. The molecule has 2 aliphatic carbocycles. The number of rotatable bonds is 5. The third-order valence-corrected chi connectivity index (χ3v) is 7.09. The third kappa shape index (κ3) is 3.71. The number of allylic oxidation sites excluding steroid dienone is 1. The van der Waals surface area contributed by atoms with Gasteiger partial charge in [0.2, 0.25) is 0 Å². The molecule has 2 aliphatic rings. The minimum Gasteiger partial charge on any atom is -0.392 e. The molecule has 0 bridgehead atoms. The Morgan fingerprint density at radius 2 is 1.96 bits per heavy atom. The second kappa shape index (κ2) is 7.05. The molecule has 1 nitrogen and oxygen atoms in total. The molecule has 0 spiro atoms. The van der Waals surface area contributed by atoms with Crippen molar-refractivity contribution < 1.29 is 13.9 Å². The van der Waals surface area contributed by atoms with Crippen molar-refractivity contribution in [2.24, 2.45) is 28.6 Å². The van der Waals surface area contributed by atoms with Crippen LogP contribution in [0.2, 0.25) is 0 Å². The van der Waals surface area contributed by atoms with Crippen molar-refractivity contribution in [1.29, 1.82) is 0 Å². The molecule has 1 N–H and O–H groups in total. The van der Waals surface area contributed by atoms with E-state index in [1.807, 2.05) is 6.08 Å². The zero-order valence-electron chi connectivity index (χ0n) is 16.2. The highest BCUT2D eigenvalue weighted by atomic mass is 19.3. The Labute approximate surface area is 146 Å². The van der Waals surface area contributed by atoms with E-state index in [2.05, 4.69) is 13.8 Å². The van der Waals surface area contributed by atoms with E-state index in [1.54, 1.807) is 20.8 Å². The van der Waals surface area contributed by atoms with Gasteiger partial charge >= 0.3 is 0 Å². The summed E-state index contributed by atoms with van der Waals surface area (Å²) in [4.78, 5) is 0. The molecule has 0 saturated heterocycles. The van der Waals surface area contributed by atoms with Gasteiger partial charge in [0.25, 0.3) is 5.92 Å². The van der Waals surface area contributed by atoms with Crippen LogP contribution in [0.3, 0.4) is 0 Å². The Bertz CT molecular complexity index is 463. The average molecular weight is 343 g/mol. The SMILES string of the molecule is C[C@H](CCC(F)(F)C(C)(C)C)[C@H]1CC[C@H]2/C(=C/CO)CCC[C@]12C. The number of aliphatic hydroxyl groups is 1. The molecule has 0 aliphatic heterocycles. The number of aliphatic hydroxyl groups excluding tert-OH is 1. The highest BCUT2D eigenvalue weighted by Crippen LogP contribution is 2.60. The summed E-state index contributed by atoms with van der Waals surface area (Å²) < 4.78 is 28.7. The molecule has 24 heavy (non-hydrogen) atoms. The molecule has 3 heteroatoms. The van der Waals surface area contributed by atoms with Crippen LogP contribution in [-0.2, 0) is 0 Å². The van der Waals surface area contributed by atoms with E-state index in [-0.39, 0.29) is 18.4 Å². The van der Waals surface area contributed by atoms with Crippen LogP contribution in [0.4, 0.5) is 8.78 Å². The molecule has 2 fully saturated rings. The number of hydrogen-bond donors (Lipinski definition) is 1. The van der Waals surface area contributed by atoms with Gasteiger partial charge in [-0.15, -0.1) is 0 Å². The average Bonchev–Trinajstić information content (AvgIpc) is 2.82. The van der Waals surface area contributed by atoms with Crippen molar-refractivity contribution >= 4 is 0 Å². The second-order valence-electron chi connectivity index (χ2n) is 9.53. The lowest BCUT2D eigenvalue weighted by Gasteiger charge is -2.44. The molecule has 0 heterocycles. The van der Waals surface area contributed by atoms with Gasteiger partial charge in [-0.1, -0.05) is 46.3 Å². The normalized spacial score (nSPS) is 34.4. The van der Waals surface area contributed by atoms with Gasteiger partial charge in [-0.25, -0.2) is 8.78 Å². The number of alkyl halides is 2. The molecular formula is C21H36F2O. The zero-order valence-corrected chi connectivity index (χ0v) is 16.2. The summed E-state index contributed by atoms with van der Waals surface area (Å²) in [6.45, 7) is 9.59. The molecule has 4 atom stereocenters. The van der Waals surface area contributed by atoms with Crippen molar-refractivity contribution in [3.05, 3.63) is 11.6 Å². The van der Waals surface area contributed by atoms with Crippen LogP contribution in [0.1, 0.15) is 79.6 Å². The molecule has 0 amide bonds. The summed E-state index contributed by atoms with van der Waals surface area (Å²) in [7, 11) is 0. The number of hydrogen-bond acceptors (Lipinski definition) is 1. The van der Waals surface area contributed by atoms with Crippen LogP contribution in [0.25, 0.3) is 0 Å². The van der Waals surface area contributed by atoms with Crippen LogP contribution in [0.5, 0.6) is 0 Å². The molecule has 0 aromatic carbocycles. The van der Waals surface area contributed by atoms with Gasteiger partial charge in [0.1, 0.15) is 0 Å². The standard InChI is InChI=1S/C21H36F2O/c1-15(10-13-21(22,23)19(2,3)4)17-8-9-18-16(11-14-24)7-6-12-20(17,18)5/h11,15,17-18,24H,6-10,12-14H2,1-5H3/b16-11+/t15-,17-,18+,20-/m1/s1. The Morgan fingerprint density at radius 1 is 1.29 bits per heavy atom. The van der Waals surface area contributed by atoms with Gasteiger partial charge < -0.3 is 5.11 Å². The van der Waals surface area contributed by atoms with Gasteiger partial charge in [-0.3, -0.25) is 0 Å². The van der Waals surface area contributed by atoms with Crippen LogP contribution < -0.4 is 0 Å². The Morgan fingerprint density at radius 3 is 2.54 bits per heavy atom. The highest BCUT2D eigenvalue weighted by Gasteiger charge is 2.51. The van der Waals surface area contributed by atoms with Crippen molar-refractivity contribution in [3.63, 3.8) is 0 Å². The maximum atomic E-state index is 14.3. The fourth-order valence-corrected chi connectivity index (χ4v) is 5.36. The minimum absolute atomic E-state index is 0.00570. The topological polar surface area (TPSA) is 20.2 Å². The van der Waals surface area contributed by atoms with E-state index < -0.39 is 11.3 Å². The Balaban J connectivity index is 2.06. The summed E-state index contributed by atoms with van der Waals surface area (Å²) >= 11 is 0. The van der Waals surface area contributed by atoms with Crippen molar-refractivity contribution in [2.75, 3.05) is 6.61 Å². The lowest BCUT2D eigenvalue weighted by atomic mass is 9.60. The molecule has 2 saturated carbocycles. The molecular weight excluding hydrogens is 306 g/mol. The molecule has 0 aromatic rings. The van der Waals surface area contributed by atoms with Crippen LogP contribution in [-0.4, -0.2) is 17.6 Å². The first-order valence-electron chi connectivity index (χ1n) is 9.70. The smallest absolute Gasteiger partial charge is 0.252 e. The molecule has 0 radical (unpaired) electrons. The fraction of sp³-hybridized carbons (Fsp3) is 0.905. The van der Waals surface area contributed by atoms with Gasteiger partial charge in [0.15, 0.2) is 0 Å². The second-order valence-corrected chi connectivity index (χ2v) is 9.53. The minimum atomic E-state index is -2.60. The predicted molar refractivity (Wildman–Crippen MR) is 96.1 cm³/mol. The van der Waals surface area contributed by atoms with Crippen molar-refractivity contribution in [2.45, 2.75) is 85.5 Å². The van der Waals surface area contributed by atoms with E-state index in [0.717, 1.165) is 19.3 Å². The lowest BCUT2D eigenvalue weighted by molar-refractivity contribution is -0.108. The first kappa shape index (κ1) is 19.9. The monoisotopic (exact) mass is 342 g/mol. The Kier molecular flexibility index (Phi) is 5.84. The molecule has 2 rings (SSSR count). The third-order valence-electron chi connectivity index (χ3n) is 7.09. The Hall–Kier alpha value is -0.440. The molecule has 0 unspecified atom stereocenters. The van der Waals surface area contributed by atoms with Gasteiger partial charge in [0, 0.05) is 11.8 Å². The summed E-state index contributed by atoms with van der Waals surface area (Å²) in [6.07, 6.45) is 8.38. The van der Waals surface area contributed by atoms with E-state index >= 15 is 0 Å². The first-order chi connectivity index (χ1) is 11.0. The summed E-state index contributed by atoms with van der Waals surface area (Å²) in [5, 5.41) is 9.29. The summed E-state index contributed by atoms with van der Waals surface area (Å²) in [6, 6.07) is 0. The lowest BCUT2D eigenvalue weighted by Crippen LogP contribution is -2.38. The van der Waals surface area contributed by atoms with Crippen LogP contribution in [0.15, 0.2) is 11.6 Å². The quantitative estimate of drug-likeness (QED) is 0.588. The highest BCUT2D eigenvalue weighted by molar-refractivity contribution is 5.18. The van der Waals surface area contributed by atoms with Crippen molar-refractivity contribution in [1.82, 2.24) is 0 Å². The van der Waals surface area contributed by atoms with Gasteiger partial charge in [-0.05, 0) is 61.7 Å². The van der Waals surface area contributed by atoms with Crippen molar-refractivity contribution in [3.8, 4) is 0 Å². The number of halogens is 2. The maximum Gasteiger partial charge on any atom is 0.252 e. The van der Waals surface area contributed by atoms with Crippen LogP contribution in [0, 0.1) is 28.6 Å². The van der Waals surface area contributed by atoms with E-state index in [1.165, 1.54) is 18.4 Å². The summed E-state index contributed by atoms with van der Waals surface area (Å²) in [5.41, 5.74) is 0.688. The summed E-state index contributed by atoms with van der Waals surface area (Å²) in [5.74, 6) is -1.19. The maximum absolute atomic E-state index is 14.3. The fourth-order valence-electron chi connectivity index (χ4n) is 5.36. The first-order valence-corrected chi connectivity index (χ1v) is 9.70. The molecule has 0 aromatic heterocycles. The van der Waals surface area contributed by atoms with E-state index in [4.69, 9.17) is 0 Å².